The van der Waals surface area contributed by atoms with Gasteiger partial charge in [-0.2, -0.15) is 0 Å². The van der Waals surface area contributed by atoms with E-state index in [9.17, 15) is 19.5 Å². The molecule has 164 valence electrons. The van der Waals surface area contributed by atoms with Gasteiger partial charge in [0.25, 0.3) is 17.4 Å². The lowest BCUT2D eigenvalue weighted by molar-refractivity contribution is 0.0533. The lowest BCUT2D eigenvalue weighted by Crippen LogP contribution is -2.50. The van der Waals surface area contributed by atoms with Crippen molar-refractivity contribution in [3.8, 4) is 5.75 Å². The van der Waals surface area contributed by atoms with Crippen molar-refractivity contribution in [3.63, 3.8) is 0 Å². The number of para-hydroxylation sites is 1. The van der Waals surface area contributed by atoms with Crippen LogP contribution in [-0.2, 0) is 6.54 Å². The Morgan fingerprint density at radius 2 is 1.47 bits per heavy atom. The highest BCUT2D eigenvalue weighted by Crippen LogP contribution is 2.19. The van der Waals surface area contributed by atoms with Crippen molar-refractivity contribution < 1.29 is 14.7 Å². The largest absolute Gasteiger partial charge is 0.507 e. The Bertz CT molecular complexity index is 1220. The molecular formula is C24H22ClN3O4. The first-order valence-electron chi connectivity index (χ1n) is 10.2. The maximum Gasteiger partial charge on any atom is 0.257 e. The van der Waals surface area contributed by atoms with E-state index in [1.807, 2.05) is 18.2 Å². The average molecular weight is 452 g/mol. The van der Waals surface area contributed by atoms with Gasteiger partial charge in [0.15, 0.2) is 0 Å². The van der Waals surface area contributed by atoms with E-state index in [4.69, 9.17) is 11.6 Å². The highest BCUT2D eigenvalue weighted by molar-refractivity contribution is 6.31. The van der Waals surface area contributed by atoms with Gasteiger partial charge in [-0.05, 0) is 29.8 Å². The number of halogens is 1. The molecule has 3 aromatic rings. The minimum atomic E-state index is -0.261. The molecule has 1 aromatic heterocycles. The molecule has 1 aliphatic rings. The summed E-state index contributed by atoms with van der Waals surface area (Å²) >= 11 is 6.21. The Hall–Kier alpha value is -3.58. The van der Waals surface area contributed by atoms with Gasteiger partial charge in [-0.1, -0.05) is 41.9 Å². The Balaban J connectivity index is 1.44. The van der Waals surface area contributed by atoms with E-state index in [2.05, 4.69) is 0 Å². The minimum Gasteiger partial charge on any atom is -0.507 e. The second kappa shape index (κ2) is 9.28. The highest BCUT2D eigenvalue weighted by Gasteiger charge is 2.26. The molecule has 0 atom stereocenters. The molecule has 4 rings (SSSR count). The quantitative estimate of drug-likeness (QED) is 0.661. The first kappa shape index (κ1) is 21.6. The van der Waals surface area contributed by atoms with Crippen molar-refractivity contribution in [3.05, 3.63) is 98.9 Å². The number of nitrogens with zero attached hydrogens (tertiary/aromatic N) is 3. The molecule has 7 nitrogen and oxygen atoms in total. The molecule has 1 N–H and O–H groups in total. The minimum absolute atomic E-state index is 0.0585. The number of rotatable bonds is 4. The average Bonchev–Trinajstić information content (AvgIpc) is 2.81. The fourth-order valence-corrected chi connectivity index (χ4v) is 3.91. The summed E-state index contributed by atoms with van der Waals surface area (Å²) in [5.41, 5.74) is 1.22. The number of benzene rings is 2. The number of phenols is 1. The summed E-state index contributed by atoms with van der Waals surface area (Å²) in [6.45, 7) is 1.71. The third-order valence-electron chi connectivity index (χ3n) is 5.52. The van der Waals surface area contributed by atoms with Crippen LogP contribution in [0.3, 0.4) is 0 Å². The number of aromatic hydroxyl groups is 1. The van der Waals surface area contributed by atoms with Crippen LogP contribution >= 0.6 is 11.6 Å². The van der Waals surface area contributed by atoms with E-state index in [0.29, 0.717) is 36.8 Å². The van der Waals surface area contributed by atoms with Crippen LogP contribution in [0.5, 0.6) is 5.75 Å². The van der Waals surface area contributed by atoms with Gasteiger partial charge in [0.1, 0.15) is 5.75 Å². The molecule has 0 saturated carbocycles. The molecule has 1 fully saturated rings. The first-order valence-corrected chi connectivity index (χ1v) is 10.6. The summed E-state index contributed by atoms with van der Waals surface area (Å²) in [5.74, 6) is -0.521. The second-order valence-corrected chi connectivity index (χ2v) is 7.98. The standard InChI is InChI=1S/C24H22ClN3O4/c25-20-7-3-1-5-17(20)15-28-16-18(9-10-22(28)30)23(31)26-11-13-27(14-12-26)24(32)19-6-2-4-8-21(19)29/h1-10,16,29H,11-15H2. The highest BCUT2D eigenvalue weighted by atomic mass is 35.5. The van der Waals surface area contributed by atoms with Gasteiger partial charge < -0.3 is 19.5 Å². The number of phenolic OH excluding ortho intramolecular Hbond substituents is 1. The molecule has 1 aliphatic heterocycles. The molecule has 0 bridgehead atoms. The number of piperazine rings is 1. The van der Waals surface area contributed by atoms with Gasteiger partial charge in [-0.25, -0.2) is 0 Å². The molecule has 0 spiro atoms. The van der Waals surface area contributed by atoms with Gasteiger partial charge in [0.05, 0.1) is 17.7 Å². The number of carbonyl (C=O) groups excluding carboxylic acids is 2. The van der Waals surface area contributed by atoms with Crippen molar-refractivity contribution in [1.82, 2.24) is 14.4 Å². The van der Waals surface area contributed by atoms with Crippen LogP contribution in [0.1, 0.15) is 26.3 Å². The Morgan fingerprint density at radius 3 is 2.16 bits per heavy atom. The van der Waals surface area contributed by atoms with Gasteiger partial charge in [0.2, 0.25) is 0 Å². The van der Waals surface area contributed by atoms with Crippen molar-refractivity contribution >= 4 is 23.4 Å². The van der Waals surface area contributed by atoms with E-state index in [1.165, 1.54) is 22.8 Å². The van der Waals surface area contributed by atoms with Crippen molar-refractivity contribution in [2.24, 2.45) is 0 Å². The van der Waals surface area contributed by atoms with Gasteiger partial charge in [-0.15, -0.1) is 0 Å². The molecule has 2 aromatic carbocycles. The fourth-order valence-electron chi connectivity index (χ4n) is 3.71. The lowest BCUT2D eigenvalue weighted by Gasteiger charge is -2.35. The molecular weight excluding hydrogens is 430 g/mol. The third-order valence-corrected chi connectivity index (χ3v) is 5.89. The van der Waals surface area contributed by atoms with Crippen LogP contribution < -0.4 is 5.56 Å². The Morgan fingerprint density at radius 1 is 0.844 bits per heavy atom. The number of aromatic nitrogens is 1. The SMILES string of the molecule is O=C(c1ccc(=O)n(Cc2ccccc2Cl)c1)N1CCN(C(=O)c2ccccc2O)CC1. The molecule has 0 radical (unpaired) electrons. The molecule has 32 heavy (non-hydrogen) atoms. The predicted octanol–water partition coefficient (Wildman–Crippen LogP) is 2.85. The van der Waals surface area contributed by atoms with Crippen molar-refractivity contribution in [1.29, 1.82) is 0 Å². The third kappa shape index (κ3) is 4.53. The van der Waals surface area contributed by atoms with Crippen LogP contribution in [0, 0.1) is 0 Å². The number of pyridine rings is 1. The van der Waals surface area contributed by atoms with Crippen molar-refractivity contribution in [2.75, 3.05) is 26.2 Å². The topological polar surface area (TPSA) is 82.9 Å². The monoisotopic (exact) mass is 451 g/mol. The number of carbonyl (C=O) groups is 2. The van der Waals surface area contributed by atoms with Gasteiger partial charge >= 0.3 is 0 Å². The molecule has 8 heteroatoms. The summed E-state index contributed by atoms with van der Waals surface area (Å²) in [5, 5.41) is 10.5. The van der Waals surface area contributed by atoms with Crippen LogP contribution in [-0.4, -0.2) is 57.5 Å². The lowest BCUT2D eigenvalue weighted by atomic mass is 10.1. The van der Waals surface area contributed by atoms with E-state index in [1.54, 1.807) is 40.3 Å². The van der Waals surface area contributed by atoms with E-state index >= 15 is 0 Å². The molecule has 0 unspecified atom stereocenters. The molecule has 2 amide bonds. The van der Waals surface area contributed by atoms with Crippen LogP contribution in [0.25, 0.3) is 0 Å². The first-order chi connectivity index (χ1) is 15.4. The van der Waals surface area contributed by atoms with Crippen LogP contribution in [0.4, 0.5) is 0 Å². The second-order valence-electron chi connectivity index (χ2n) is 7.58. The van der Waals surface area contributed by atoms with E-state index in [-0.39, 0.29) is 35.2 Å². The summed E-state index contributed by atoms with van der Waals surface area (Å²) in [4.78, 5) is 41.3. The zero-order valence-electron chi connectivity index (χ0n) is 17.3. The zero-order valence-corrected chi connectivity index (χ0v) is 18.0. The van der Waals surface area contributed by atoms with Gasteiger partial charge in [0, 0.05) is 43.5 Å². The number of amides is 2. The van der Waals surface area contributed by atoms with E-state index in [0.717, 1.165) is 5.56 Å². The summed E-state index contributed by atoms with van der Waals surface area (Å²) in [7, 11) is 0. The maximum atomic E-state index is 13.0. The predicted molar refractivity (Wildman–Crippen MR) is 121 cm³/mol. The summed E-state index contributed by atoms with van der Waals surface area (Å²) < 4.78 is 1.46. The van der Waals surface area contributed by atoms with Gasteiger partial charge in [-0.3, -0.25) is 14.4 Å². The normalized spacial score (nSPS) is 13.8. The smallest absolute Gasteiger partial charge is 0.257 e. The molecule has 2 heterocycles. The Kier molecular flexibility index (Phi) is 6.28. The van der Waals surface area contributed by atoms with Crippen molar-refractivity contribution in [2.45, 2.75) is 6.54 Å². The summed E-state index contributed by atoms with van der Waals surface area (Å²) in [6.07, 6.45) is 1.55. The van der Waals surface area contributed by atoms with E-state index < -0.39 is 0 Å². The molecule has 1 saturated heterocycles. The zero-order chi connectivity index (χ0) is 22.7. The summed E-state index contributed by atoms with van der Waals surface area (Å²) in [6, 6.07) is 16.6. The molecule has 0 aliphatic carbocycles. The fraction of sp³-hybridized carbons (Fsp3) is 0.208. The number of hydrogen-bond donors (Lipinski definition) is 1. The number of hydrogen-bond acceptors (Lipinski definition) is 4. The Labute approximate surface area is 190 Å². The van der Waals surface area contributed by atoms with Crippen LogP contribution in [0.15, 0.2) is 71.7 Å². The maximum absolute atomic E-state index is 13.0. The van der Waals surface area contributed by atoms with Crippen LogP contribution in [0.2, 0.25) is 5.02 Å².